The van der Waals surface area contributed by atoms with Gasteiger partial charge in [-0.15, -0.1) is 0 Å². The molecule has 0 aliphatic carbocycles. The molecule has 6 heteroatoms. The molecule has 0 fully saturated rings. The number of benzene rings is 2. The zero-order valence-corrected chi connectivity index (χ0v) is 15.8. The Labute approximate surface area is 154 Å². The lowest BCUT2D eigenvalue weighted by atomic mass is 10.1. The van der Waals surface area contributed by atoms with Crippen molar-refractivity contribution in [2.24, 2.45) is 0 Å². The van der Waals surface area contributed by atoms with Gasteiger partial charge in [-0.05, 0) is 49.2 Å². The predicted molar refractivity (Wildman–Crippen MR) is 104 cm³/mol. The summed E-state index contributed by atoms with van der Waals surface area (Å²) in [7, 11) is 3.28. The molecule has 6 nitrogen and oxygen atoms in total. The van der Waals surface area contributed by atoms with Gasteiger partial charge in [-0.1, -0.05) is 12.1 Å². The minimum atomic E-state index is -0.196. The molecule has 26 heavy (non-hydrogen) atoms. The molecular formula is C20H27N3O3. The Kier molecular flexibility index (Phi) is 7.29. The summed E-state index contributed by atoms with van der Waals surface area (Å²) in [6, 6.07) is 13.5. The second kappa shape index (κ2) is 9.68. The van der Waals surface area contributed by atoms with Crippen LogP contribution in [0.1, 0.15) is 25.0 Å². The van der Waals surface area contributed by atoms with Crippen molar-refractivity contribution in [1.82, 2.24) is 10.6 Å². The molecule has 0 spiro atoms. The molecule has 0 radical (unpaired) electrons. The number of hydrogen-bond donors (Lipinski definition) is 3. The molecule has 0 aromatic heterocycles. The number of ether oxygens (including phenoxy) is 2. The number of methoxy groups -OCH3 is 2. The van der Waals surface area contributed by atoms with Crippen molar-refractivity contribution in [1.29, 1.82) is 0 Å². The lowest BCUT2D eigenvalue weighted by Crippen LogP contribution is -2.34. The highest BCUT2D eigenvalue weighted by atomic mass is 16.5. The van der Waals surface area contributed by atoms with Crippen molar-refractivity contribution in [3.05, 3.63) is 53.6 Å². The van der Waals surface area contributed by atoms with Crippen LogP contribution in [-0.4, -0.2) is 26.3 Å². The first kappa shape index (κ1) is 19.6. The first-order chi connectivity index (χ1) is 12.5. The zero-order chi connectivity index (χ0) is 18.9. The van der Waals surface area contributed by atoms with Crippen molar-refractivity contribution in [2.75, 3.05) is 19.5 Å². The molecule has 0 bridgehead atoms. The van der Waals surface area contributed by atoms with E-state index >= 15 is 0 Å². The van der Waals surface area contributed by atoms with Gasteiger partial charge >= 0.3 is 6.03 Å². The van der Waals surface area contributed by atoms with Crippen molar-refractivity contribution in [2.45, 2.75) is 33.0 Å². The molecule has 140 valence electrons. The van der Waals surface area contributed by atoms with E-state index in [-0.39, 0.29) is 12.1 Å². The number of hydrogen-bond acceptors (Lipinski definition) is 4. The highest BCUT2D eigenvalue weighted by Gasteiger charge is 2.04. The Morgan fingerprint density at radius 2 is 1.50 bits per heavy atom. The number of urea groups is 1. The number of nitrogens with one attached hydrogen (secondary N) is 3. The van der Waals surface area contributed by atoms with E-state index in [9.17, 15) is 4.79 Å². The largest absolute Gasteiger partial charge is 0.497 e. The SMILES string of the molecule is COc1cc(CNCc2ccc(NC(=O)NC(C)C)cc2)cc(OC)c1. The van der Waals surface area contributed by atoms with E-state index in [0.717, 1.165) is 34.9 Å². The van der Waals surface area contributed by atoms with Crippen molar-refractivity contribution in [3.8, 4) is 11.5 Å². The van der Waals surface area contributed by atoms with Gasteiger partial charge in [-0.3, -0.25) is 0 Å². The quantitative estimate of drug-likeness (QED) is 0.676. The zero-order valence-electron chi connectivity index (χ0n) is 15.8. The predicted octanol–water partition coefficient (Wildman–Crippen LogP) is 3.52. The van der Waals surface area contributed by atoms with E-state index in [4.69, 9.17) is 9.47 Å². The first-order valence-corrected chi connectivity index (χ1v) is 8.59. The fourth-order valence-electron chi connectivity index (χ4n) is 2.45. The second-order valence-electron chi connectivity index (χ2n) is 6.27. The third kappa shape index (κ3) is 6.29. The fourth-order valence-corrected chi connectivity index (χ4v) is 2.45. The van der Waals surface area contributed by atoms with Gasteiger partial charge in [0.05, 0.1) is 14.2 Å². The van der Waals surface area contributed by atoms with Crippen LogP contribution in [0.2, 0.25) is 0 Å². The van der Waals surface area contributed by atoms with Gasteiger partial charge < -0.3 is 25.4 Å². The van der Waals surface area contributed by atoms with Crippen LogP contribution in [0, 0.1) is 0 Å². The van der Waals surface area contributed by atoms with Crippen molar-refractivity contribution >= 4 is 11.7 Å². The van der Waals surface area contributed by atoms with Crippen LogP contribution in [0.3, 0.4) is 0 Å². The molecule has 2 aromatic carbocycles. The smallest absolute Gasteiger partial charge is 0.319 e. The third-order valence-corrected chi connectivity index (χ3v) is 3.70. The molecule has 0 aliphatic heterocycles. The lowest BCUT2D eigenvalue weighted by Gasteiger charge is -2.11. The molecule has 0 unspecified atom stereocenters. The minimum absolute atomic E-state index is 0.105. The maximum absolute atomic E-state index is 11.7. The Morgan fingerprint density at radius 1 is 0.923 bits per heavy atom. The van der Waals surface area contributed by atoms with Crippen LogP contribution >= 0.6 is 0 Å². The van der Waals surface area contributed by atoms with Gasteiger partial charge in [-0.2, -0.15) is 0 Å². The summed E-state index contributed by atoms with van der Waals surface area (Å²) in [4.78, 5) is 11.7. The Balaban J connectivity index is 1.85. The summed E-state index contributed by atoms with van der Waals surface area (Å²) < 4.78 is 10.6. The number of rotatable bonds is 8. The molecule has 0 aliphatic rings. The van der Waals surface area contributed by atoms with Gasteiger partial charge in [0.25, 0.3) is 0 Å². The van der Waals surface area contributed by atoms with E-state index < -0.39 is 0 Å². The number of carbonyl (C=O) groups excluding carboxylic acids is 1. The standard InChI is InChI=1S/C20H27N3O3/c1-14(2)22-20(24)23-17-7-5-15(6-8-17)12-21-13-16-9-18(25-3)11-19(10-16)26-4/h5-11,14,21H,12-13H2,1-4H3,(H2,22,23,24). The highest BCUT2D eigenvalue weighted by molar-refractivity contribution is 5.89. The molecule has 0 heterocycles. The summed E-state index contributed by atoms with van der Waals surface area (Å²) in [5.74, 6) is 1.55. The van der Waals surface area contributed by atoms with Crippen LogP contribution in [0.15, 0.2) is 42.5 Å². The van der Waals surface area contributed by atoms with E-state index in [1.807, 2.05) is 56.3 Å². The Bertz CT molecular complexity index is 692. The molecule has 2 amide bonds. The second-order valence-corrected chi connectivity index (χ2v) is 6.27. The number of carbonyl (C=O) groups is 1. The average molecular weight is 357 g/mol. The summed E-state index contributed by atoms with van der Waals surface area (Å²) in [5, 5.41) is 9.00. The number of amides is 2. The molecule has 0 saturated carbocycles. The molecule has 2 rings (SSSR count). The summed E-state index contributed by atoms with van der Waals surface area (Å²) >= 11 is 0. The van der Waals surface area contributed by atoms with E-state index in [0.29, 0.717) is 6.54 Å². The van der Waals surface area contributed by atoms with Crippen molar-refractivity contribution in [3.63, 3.8) is 0 Å². The van der Waals surface area contributed by atoms with Crippen LogP contribution in [0.4, 0.5) is 10.5 Å². The van der Waals surface area contributed by atoms with Crippen LogP contribution < -0.4 is 25.4 Å². The number of anilines is 1. The monoisotopic (exact) mass is 357 g/mol. The molecule has 0 atom stereocenters. The van der Waals surface area contributed by atoms with Gasteiger partial charge in [0, 0.05) is 30.9 Å². The Hall–Kier alpha value is -2.73. The van der Waals surface area contributed by atoms with Crippen molar-refractivity contribution < 1.29 is 14.3 Å². The average Bonchev–Trinajstić information content (AvgIpc) is 2.62. The maximum Gasteiger partial charge on any atom is 0.319 e. The lowest BCUT2D eigenvalue weighted by molar-refractivity contribution is 0.250. The van der Waals surface area contributed by atoms with Gasteiger partial charge in [-0.25, -0.2) is 4.79 Å². The Morgan fingerprint density at radius 3 is 2.04 bits per heavy atom. The normalized spacial score (nSPS) is 10.5. The van der Waals surface area contributed by atoms with Crippen LogP contribution in [0.25, 0.3) is 0 Å². The molecular weight excluding hydrogens is 330 g/mol. The molecule has 3 N–H and O–H groups in total. The first-order valence-electron chi connectivity index (χ1n) is 8.59. The summed E-state index contributed by atoms with van der Waals surface area (Å²) in [6.07, 6.45) is 0. The van der Waals surface area contributed by atoms with Gasteiger partial charge in [0.15, 0.2) is 0 Å². The van der Waals surface area contributed by atoms with E-state index in [1.165, 1.54) is 0 Å². The van der Waals surface area contributed by atoms with Crippen LogP contribution in [-0.2, 0) is 13.1 Å². The summed E-state index contributed by atoms with van der Waals surface area (Å²) in [6.45, 7) is 5.26. The highest BCUT2D eigenvalue weighted by Crippen LogP contribution is 2.22. The van der Waals surface area contributed by atoms with E-state index in [1.54, 1.807) is 14.2 Å². The van der Waals surface area contributed by atoms with Gasteiger partial charge in [0.1, 0.15) is 11.5 Å². The topological polar surface area (TPSA) is 71.6 Å². The van der Waals surface area contributed by atoms with Gasteiger partial charge in [0.2, 0.25) is 0 Å². The van der Waals surface area contributed by atoms with E-state index in [2.05, 4.69) is 16.0 Å². The summed E-state index contributed by atoms with van der Waals surface area (Å²) in [5.41, 5.74) is 2.99. The fraction of sp³-hybridized carbons (Fsp3) is 0.350. The third-order valence-electron chi connectivity index (χ3n) is 3.70. The minimum Gasteiger partial charge on any atom is -0.497 e. The molecule has 2 aromatic rings. The maximum atomic E-state index is 11.7. The van der Waals surface area contributed by atoms with Crippen LogP contribution in [0.5, 0.6) is 11.5 Å². The molecule has 0 saturated heterocycles.